The SMILES string of the molecule is COc1ccc(C=CCI)cc1. The summed E-state index contributed by atoms with van der Waals surface area (Å²) in [6.45, 7) is 0. The highest BCUT2D eigenvalue weighted by Gasteiger charge is 1.88. The van der Waals surface area contributed by atoms with E-state index >= 15 is 0 Å². The molecule has 0 saturated heterocycles. The second kappa shape index (κ2) is 5.19. The highest BCUT2D eigenvalue weighted by Crippen LogP contribution is 2.12. The van der Waals surface area contributed by atoms with E-state index in [-0.39, 0.29) is 0 Å². The number of hydrogen-bond donors (Lipinski definition) is 0. The van der Waals surface area contributed by atoms with E-state index in [1.165, 1.54) is 5.56 Å². The van der Waals surface area contributed by atoms with E-state index in [1.807, 2.05) is 24.3 Å². The fourth-order valence-corrected chi connectivity index (χ4v) is 1.15. The zero-order valence-corrected chi connectivity index (χ0v) is 9.11. The molecule has 0 unspecified atom stereocenters. The first kappa shape index (κ1) is 9.58. The van der Waals surface area contributed by atoms with Gasteiger partial charge in [-0.25, -0.2) is 0 Å². The van der Waals surface area contributed by atoms with Crippen molar-refractivity contribution in [3.8, 4) is 5.75 Å². The van der Waals surface area contributed by atoms with Gasteiger partial charge in [-0.2, -0.15) is 0 Å². The minimum atomic E-state index is 0.904. The molecule has 0 aliphatic rings. The maximum atomic E-state index is 5.05. The van der Waals surface area contributed by atoms with E-state index in [0.717, 1.165) is 10.2 Å². The van der Waals surface area contributed by atoms with Crippen LogP contribution < -0.4 is 4.74 Å². The Kier molecular flexibility index (Phi) is 4.14. The lowest BCUT2D eigenvalue weighted by atomic mass is 10.2. The van der Waals surface area contributed by atoms with Gasteiger partial charge in [-0.15, -0.1) is 0 Å². The van der Waals surface area contributed by atoms with Gasteiger partial charge in [0.05, 0.1) is 7.11 Å². The molecule has 0 aliphatic heterocycles. The summed E-state index contributed by atoms with van der Waals surface area (Å²) < 4.78 is 6.09. The van der Waals surface area contributed by atoms with Gasteiger partial charge in [0.15, 0.2) is 0 Å². The molecule has 12 heavy (non-hydrogen) atoms. The minimum Gasteiger partial charge on any atom is -0.497 e. The summed E-state index contributed by atoms with van der Waals surface area (Å²) >= 11 is 2.32. The van der Waals surface area contributed by atoms with Gasteiger partial charge < -0.3 is 4.74 Å². The van der Waals surface area contributed by atoms with Crippen molar-refractivity contribution in [3.63, 3.8) is 0 Å². The number of allylic oxidation sites excluding steroid dienone is 1. The van der Waals surface area contributed by atoms with E-state index in [4.69, 9.17) is 4.74 Å². The molecule has 0 amide bonds. The zero-order valence-electron chi connectivity index (χ0n) is 6.96. The van der Waals surface area contributed by atoms with Crippen molar-refractivity contribution in [1.29, 1.82) is 0 Å². The maximum Gasteiger partial charge on any atom is 0.118 e. The summed E-state index contributed by atoms with van der Waals surface area (Å²) in [7, 11) is 1.68. The van der Waals surface area contributed by atoms with E-state index in [9.17, 15) is 0 Å². The Morgan fingerprint density at radius 3 is 2.50 bits per heavy atom. The molecular weight excluding hydrogens is 263 g/mol. The van der Waals surface area contributed by atoms with Crippen molar-refractivity contribution < 1.29 is 4.74 Å². The molecule has 0 radical (unpaired) electrons. The smallest absolute Gasteiger partial charge is 0.118 e. The minimum absolute atomic E-state index is 0.904. The number of methoxy groups -OCH3 is 1. The van der Waals surface area contributed by atoms with Crippen LogP contribution in [0.15, 0.2) is 30.3 Å². The highest BCUT2D eigenvalue weighted by atomic mass is 127. The summed E-state index contributed by atoms with van der Waals surface area (Å²) in [5.74, 6) is 0.904. The maximum absolute atomic E-state index is 5.05. The molecule has 1 aromatic carbocycles. The number of alkyl halides is 1. The highest BCUT2D eigenvalue weighted by molar-refractivity contribution is 14.1. The van der Waals surface area contributed by atoms with Crippen molar-refractivity contribution in [2.75, 3.05) is 11.5 Å². The lowest BCUT2D eigenvalue weighted by Crippen LogP contribution is -1.81. The van der Waals surface area contributed by atoms with Crippen LogP contribution >= 0.6 is 22.6 Å². The standard InChI is InChI=1S/C10H11IO/c1-12-10-6-4-9(5-7-10)3-2-8-11/h2-7H,8H2,1H3. The molecule has 0 aromatic heterocycles. The molecule has 0 heterocycles. The molecule has 0 aliphatic carbocycles. The third kappa shape index (κ3) is 2.85. The van der Waals surface area contributed by atoms with Gasteiger partial charge in [0.2, 0.25) is 0 Å². The molecular formula is C10H11IO. The third-order valence-corrected chi connectivity index (χ3v) is 2.02. The monoisotopic (exact) mass is 274 g/mol. The molecule has 1 nitrogen and oxygen atoms in total. The molecule has 0 bridgehead atoms. The molecule has 64 valence electrons. The van der Waals surface area contributed by atoms with Gasteiger partial charge in [0.25, 0.3) is 0 Å². The van der Waals surface area contributed by atoms with Crippen LogP contribution in [-0.4, -0.2) is 11.5 Å². The van der Waals surface area contributed by atoms with E-state index in [0.29, 0.717) is 0 Å². The Morgan fingerprint density at radius 1 is 1.33 bits per heavy atom. The van der Waals surface area contributed by atoms with Gasteiger partial charge in [-0.3, -0.25) is 0 Å². The molecule has 0 spiro atoms. The first-order valence-corrected chi connectivity index (χ1v) is 5.26. The summed E-state index contributed by atoms with van der Waals surface area (Å²) in [4.78, 5) is 0. The Labute approximate surface area is 86.6 Å². The number of hydrogen-bond acceptors (Lipinski definition) is 1. The molecule has 0 N–H and O–H groups in total. The third-order valence-electron chi connectivity index (χ3n) is 1.52. The second-order valence-electron chi connectivity index (χ2n) is 2.33. The Morgan fingerprint density at radius 2 is 2.00 bits per heavy atom. The quantitative estimate of drug-likeness (QED) is 0.607. The van der Waals surface area contributed by atoms with Crippen LogP contribution in [0.4, 0.5) is 0 Å². The van der Waals surface area contributed by atoms with Crippen molar-refractivity contribution >= 4 is 28.7 Å². The Hall–Kier alpha value is -0.510. The molecule has 2 heteroatoms. The van der Waals surface area contributed by atoms with Crippen molar-refractivity contribution in [3.05, 3.63) is 35.9 Å². The lowest BCUT2D eigenvalue weighted by molar-refractivity contribution is 0.415. The lowest BCUT2D eigenvalue weighted by Gasteiger charge is -1.98. The summed E-state index contributed by atoms with van der Waals surface area (Å²) in [5, 5.41) is 0. The van der Waals surface area contributed by atoms with Crippen LogP contribution in [0.25, 0.3) is 6.08 Å². The number of ether oxygens (including phenoxy) is 1. The first-order chi connectivity index (χ1) is 5.86. The fraction of sp³-hybridized carbons (Fsp3) is 0.200. The summed E-state index contributed by atoms with van der Waals surface area (Å²) in [5.41, 5.74) is 1.22. The van der Waals surface area contributed by atoms with Crippen LogP contribution in [0.5, 0.6) is 5.75 Å². The average Bonchev–Trinajstić information content (AvgIpc) is 2.15. The van der Waals surface area contributed by atoms with Gasteiger partial charge in [0.1, 0.15) is 5.75 Å². The van der Waals surface area contributed by atoms with Gasteiger partial charge in [0, 0.05) is 4.43 Å². The zero-order chi connectivity index (χ0) is 8.81. The van der Waals surface area contributed by atoms with Crippen LogP contribution in [0, 0.1) is 0 Å². The molecule has 0 saturated carbocycles. The Balaban J connectivity index is 2.71. The van der Waals surface area contributed by atoms with E-state index in [2.05, 4.69) is 34.7 Å². The average molecular weight is 274 g/mol. The predicted molar refractivity (Wildman–Crippen MR) is 60.9 cm³/mol. The molecule has 1 rings (SSSR count). The molecule has 1 aromatic rings. The number of rotatable bonds is 3. The summed E-state index contributed by atoms with van der Waals surface area (Å²) in [6.07, 6.45) is 4.23. The first-order valence-electron chi connectivity index (χ1n) is 3.73. The van der Waals surface area contributed by atoms with Crippen molar-refractivity contribution in [2.45, 2.75) is 0 Å². The van der Waals surface area contributed by atoms with Crippen molar-refractivity contribution in [2.24, 2.45) is 0 Å². The van der Waals surface area contributed by atoms with Gasteiger partial charge in [-0.05, 0) is 17.7 Å². The van der Waals surface area contributed by atoms with E-state index in [1.54, 1.807) is 7.11 Å². The number of halogens is 1. The molecule has 0 atom stereocenters. The van der Waals surface area contributed by atoms with Crippen LogP contribution in [0.1, 0.15) is 5.56 Å². The predicted octanol–water partition coefficient (Wildman–Crippen LogP) is 3.14. The van der Waals surface area contributed by atoms with Crippen LogP contribution in [0.2, 0.25) is 0 Å². The van der Waals surface area contributed by atoms with Crippen LogP contribution in [-0.2, 0) is 0 Å². The summed E-state index contributed by atoms with van der Waals surface area (Å²) in [6, 6.07) is 8.02. The van der Waals surface area contributed by atoms with Crippen molar-refractivity contribution in [1.82, 2.24) is 0 Å². The van der Waals surface area contributed by atoms with E-state index < -0.39 is 0 Å². The fourth-order valence-electron chi connectivity index (χ4n) is 0.896. The van der Waals surface area contributed by atoms with Crippen LogP contribution in [0.3, 0.4) is 0 Å². The topological polar surface area (TPSA) is 9.23 Å². The van der Waals surface area contributed by atoms with Gasteiger partial charge in [-0.1, -0.05) is 46.9 Å². The number of benzene rings is 1. The second-order valence-corrected chi connectivity index (χ2v) is 3.21. The van der Waals surface area contributed by atoms with Gasteiger partial charge >= 0.3 is 0 Å². The Bertz CT molecular complexity index is 251. The largest absolute Gasteiger partial charge is 0.497 e. The molecule has 0 fully saturated rings. The normalized spacial score (nSPS) is 10.5.